The van der Waals surface area contributed by atoms with Crippen LogP contribution in [0.15, 0.2) is 0 Å². The molecule has 0 aromatic heterocycles. The molecule has 0 atom stereocenters. The summed E-state index contributed by atoms with van der Waals surface area (Å²) in [6, 6.07) is 0. The molecule has 12 nitrogen and oxygen atoms in total. The molecule has 0 spiro atoms. The third kappa shape index (κ3) is 3950. The Morgan fingerprint density at radius 1 is 0.233 bits per heavy atom. The van der Waals surface area contributed by atoms with E-state index in [1.54, 1.807) is 0 Å². The van der Waals surface area contributed by atoms with Gasteiger partial charge in [-0.05, 0) is 0 Å². The fourth-order valence-corrected chi connectivity index (χ4v) is 0. The number of rotatable bonds is 0. The Morgan fingerprint density at radius 2 is 0.233 bits per heavy atom. The molecule has 0 N–H and O–H groups in total. The van der Waals surface area contributed by atoms with Crippen molar-refractivity contribution in [3.05, 3.63) is 0 Å². The molecule has 0 aromatic rings. The fraction of sp³-hybridized carbons (Fsp3) is 0. The van der Waals surface area contributed by atoms with Crippen LogP contribution in [0.2, 0.25) is 0 Å². The summed E-state index contributed by atoms with van der Waals surface area (Å²) < 4.78 is 59.3. The van der Waals surface area contributed by atoms with E-state index in [2.05, 4.69) is 0 Å². The van der Waals surface area contributed by atoms with Gasteiger partial charge in [0, 0.05) is 0 Å². The van der Waals surface area contributed by atoms with E-state index in [4.69, 9.17) is 60.3 Å². The molecule has 180 valence electrons. The molecule has 0 aliphatic carbocycles. The van der Waals surface area contributed by atoms with Gasteiger partial charge in [0.1, 0.15) is 44.4 Å². The van der Waals surface area contributed by atoms with Crippen LogP contribution in [0.3, 0.4) is 0 Å². The molecule has 0 amide bonds. The van der Waals surface area contributed by atoms with Crippen molar-refractivity contribution >= 4 is 44.4 Å². The summed E-state index contributed by atoms with van der Waals surface area (Å²) >= 11 is 0. The van der Waals surface area contributed by atoms with Crippen LogP contribution in [0.1, 0.15) is 0 Å². The Hall–Kier alpha value is 2.61. The minimum absolute atomic E-state index is 0. The Bertz CT molecular complexity index is 133. The molecule has 0 fully saturated rings. The van der Waals surface area contributed by atoms with Gasteiger partial charge >= 0.3 is 102 Å². The van der Waals surface area contributed by atoms with Crippen LogP contribution in [-0.4, -0.2) is 44.4 Å². The molecule has 0 saturated carbocycles. The van der Waals surface area contributed by atoms with Crippen LogP contribution in [0.4, 0.5) is 25.9 Å². The van der Waals surface area contributed by atoms with Gasteiger partial charge in [-0.15, -0.1) is 0 Å². The summed E-state index contributed by atoms with van der Waals surface area (Å²) in [5.41, 5.74) is 0. The normalized spacial score (nSPS) is 5.40. The van der Waals surface area contributed by atoms with Gasteiger partial charge in [0.25, 0.3) is 0 Å². The molecule has 0 bridgehead atoms. The van der Waals surface area contributed by atoms with Crippen molar-refractivity contribution in [2.45, 2.75) is 0 Å². The summed E-state index contributed by atoms with van der Waals surface area (Å²) in [5, 5.41) is 99.7. The summed E-state index contributed by atoms with van der Waals surface area (Å²) in [4.78, 5) is 0. The topological polar surface area (TPSA) is 277 Å². The number of hydrogen-bond acceptors (Lipinski definition) is 12. The first-order valence-electron chi connectivity index (χ1n) is 4.14. The van der Waals surface area contributed by atoms with E-state index in [1.165, 1.54) is 0 Å². The molecule has 0 radical (unpaired) electrons. The van der Waals surface area contributed by atoms with Crippen molar-refractivity contribution in [3.63, 3.8) is 0 Å². The van der Waals surface area contributed by atoms with Crippen LogP contribution < -0.4 is 60.3 Å². The van der Waals surface area contributed by atoms with Gasteiger partial charge < -0.3 is 86.2 Å². The molecular formula is B6F6Fe6O12. The van der Waals surface area contributed by atoms with Crippen molar-refractivity contribution in [3.8, 4) is 0 Å². The van der Waals surface area contributed by atoms with Crippen LogP contribution in [-0.2, 0) is 102 Å². The van der Waals surface area contributed by atoms with Gasteiger partial charge in [0.15, 0.2) is 0 Å². The second-order valence-corrected chi connectivity index (χ2v) is 1.65. The van der Waals surface area contributed by atoms with Crippen LogP contribution >= 0.6 is 0 Å². The molecule has 0 aliphatic rings. The van der Waals surface area contributed by atoms with E-state index in [-0.39, 0.29) is 102 Å². The summed E-state index contributed by atoms with van der Waals surface area (Å²) in [6.45, 7) is 0. The minimum Gasteiger partial charge on any atom is -0.867 e. The summed E-state index contributed by atoms with van der Waals surface area (Å²) in [6.07, 6.45) is 0. The van der Waals surface area contributed by atoms with E-state index in [1.807, 2.05) is 0 Å². The van der Waals surface area contributed by atoms with Gasteiger partial charge in [0.05, 0.1) is 0 Å². The van der Waals surface area contributed by atoms with Gasteiger partial charge in [-0.3, -0.25) is 0 Å². The Balaban J connectivity index is -0.0000000125. The maximum Gasteiger partial charge on any atom is 2.00 e. The predicted molar refractivity (Wildman–Crippen MR) is 41.2 cm³/mol. The third-order valence-corrected chi connectivity index (χ3v) is 0. The SMILES string of the molecule is [Fe+2].[Fe+2].[Fe+2].[Fe+2].[Fe+2].[Fe+2].[O-]B([O-])F.[O-]B([O-])F.[O-]B([O-])F.[O-]B([O-])F.[O-]B([O-])F.[O-]B([O-])F. The van der Waals surface area contributed by atoms with Crippen LogP contribution in [0.5, 0.6) is 0 Å². The first-order chi connectivity index (χ1) is 10.4. The maximum atomic E-state index is 9.89. The molecule has 30 heavy (non-hydrogen) atoms. The monoisotopic (exact) mass is 708 g/mol. The van der Waals surface area contributed by atoms with Gasteiger partial charge in [-0.25, -0.2) is 0 Å². The van der Waals surface area contributed by atoms with E-state index in [9.17, 15) is 25.9 Å². The second-order valence-electron chi connectivity index (χ2n) is 1.65. The fourth-order valence-electron chi connectivity index (χ4n) is 0. The summed E-state index contributed by atoms with van der Waals surface area (Å²) in [5.74, 6) is 0. The van der Waals surface area contributed by atoms with E-state index in [0.717, 1.165) is 0 Å². The zero-order valence-electron chi connectivity index (χ0n) is 12.8. The van der Waals surface area contributed by atoms with Crippen molar-refractivity contribution in [2.24, 2.45) is 0 Å². The van der Waals surface area contributed by atoms with Gasteiger partial charge in [-0.1, -0.05) is 0 Å². The van der Waals surface area contributed by atoms with Gasteiger partial charge in [-0.2, -0.15) is 0 Å². The number of hydrogen-bond donors (Lipinski definition) is 0. The average molecular weight is 706 g/mol. The maximum absolute atomic E-state index is 9.89. The smallest absolute Gasteiger partial charge is 0.867 e. The standard InChI is InChI=1S/6BFO2.6Fe/c6*2-1(3)4;;;;;;/q6*-2;6*+2. The molecule has 0 aromatic carbocycles. The first kappa shape index (κ1) is 76.7. The van der Waals surface area contributed by atoms with Crippen molar-refractivity contribution < 1.29 is 189 Å². The van der Waals surface area contributed by atoms with E-state index in [0.29, 0.717) is 0 Å². The molecule has 0 saturated heterocycles. The molecule has 0 heterocycles. The average Bonchev–Trinajstić information content (AvgIpc) is 2.08. The largest absolute Gasteiger partial charge is 2.00 e. The summed E-state index contributed by atoms with van der Waals surface area (Å²) in [7, 11) is -19.0. The van der Waals surface area contributed by atoms with Crippen LogP contribution in [0.25, 0.3) is 0 Å². The zero-order chi connectivity index (χ0) is 21.5. The molecular weight excluding hydrogens is 706 g/mol. The Labute approximate surface area is 231 Å². The van der Waals surface area contributed by atoms with Crippen molar-refractivity contribution in [1.29, 1.82) is 0 Å². The Morgan fingerprint density at radius 3 is 0.233 bits per heavy atom. The van der Waals surface area contributed by atoms with Gasteiger partial charge in [0.2, 0.25) is 0 Å². The second kappa shape index (κ2) is 69.7. The minimum atomic E-state index is -3.17. The molecule has 30 heteroatoms. The van der Waals surface area contributed by atoms with Crippen LogP contribution in [0, 0.1) is 0 Å². The molecule has 0 rings (SSSR count). The van der Waals surface area contributed by atoms with E-state index >= 15 is 0 Å². The predicted octanol–water partition coefficient (Wildman–Crippen LogP) is -14.0. The quantitative estimate of drug-likeness (QED) is 0.168. The van der Waals surface area contributed by atoms with Crippen molar-refractivity contribution in [1.82, 2.24) is 0 Å². The third-order valence-electron chi connectivity index (χ3n) is 0. The van der Waals surface area contributed by atoms with Crippen molar-refractivity contribution in [2.75, 3.05) is 0 Å². The number of halogens is 6. The molecule has 0 aliphatic heterocycles. The Kier molecular flexibility index (Phi) is 178. The van der Waals surface area contributed by atoms with E-state index < -0.39 is 44.4 Å². The zero-order valence-corrected chi connectivity index (χ0v) is 19.4. The first-order valence-corrected chi connectivity index (χ1v) is 4.14. The molecule has 0 unspecified atom stereocenters.